The first-order valence-electron chi connectivity index (χ1n) is 11.4. The molecule has 8 heteroatoms. The molecule has 2 N–H and O–H groups in total. The molecule has 4 aromatic rings. The van der Waals surface area contributed by atoms with Gasteiger partial charge in [0.1, 0.15) is 5.75 Å². The van der Waals surface area contributed by atoms with Gasteiger partial charge in [0.15, 0.2) is 0 Å². The summed E-state index contributed by atoms with van der Waals surface area (Å²) in [6, 6.07) is 19.4. The van der Waals surface area contributed by atoms with Gasteiger partial charge in [-0.25, -0.2) is 4.79 Å². The molecule has 0 aliphatic rings. The number of ether oxygens (including phenoxy) is 1. The van der Waals surface area contributed by atoms with Crippen molar-refractivity contribution in [2.24, 2.45) is 0 Å². The van der Waals surface area contributed by atoms with Crippen molar-refractivity contribution in [3.05, 3.63) is 107 Å². The first-order valence-corrected chi connectivity index (χ1v) is 12.1. The van der Waals surface area contributed by atoms with Crippen LogP contribution in [0.1, 0.15) is 24.1 Å². The molecular formula is C28H25Cl2N3O3. The van der Waals surface area contributed by atoms with Crippen LogP contribution in [0.4, 0.5) is 10.5 Å². The van der Waals surface area contributed by atoms with Crippen LogP contribution in [0, 0.1) is 0 Å². The van der Waals surface area contributed by atoms with E-state index in [2.05, 4.69) is 16.9 Å². The molecule has 0 saturated heterocycles. The molecule has 1 atom stereocenters. The molecular weight excluding hydrogens is 497 g/mol. The summed E-state index contributed by atoms with van der Waals surface area (Å²) in [7, 11) is 0. The van der Waals surface area contributed by atoms with Gasteiger partial charge in [-0.15, -0.1) is 0 Å². The van der Waals surface area contributed by atoms with Crippen LogP contribution in [0.25, 0.3) is 10.9 Å². The lowest BCUT2D eigenvalue weighted by Gasteiger charge is -2.29. The Hall–Kier alpha value is -3.74. The van der Waals surface area contributed by atoms with Crippen molar-refractivity contribution in [1.29, 1.82) is 0 Å². The SMILES string of the molecule is C=CC(=O)Nc1ccc(C(C)N(CCc2c[nH]c3ccc(Cl)cc23)C(=O)Oc2ccc(Cl)cc2)cc1. The summed E-state index contributed by atoms with van der Waals surface area (Å²) in [5.74, 6) is 0.116. The molecule has 3 aromatic carbocycles. The third-order valence-electron chi connectivity index (χ3n) is 5.92. The number of hydrogen-bond acceptors (Lipinski definition) is 3. The van der Waals surface area contributed by atoms with Crippen LogP contribution in [-0.2, 0) is 11.2 Å². The van der Waals surface area contributed by atoms with Gasteiger partial charge >= 0.3 is 6.09 Å². The highest BCUT2D eigenvalue weighted by Gasteiger charge is 2.24. The second kappa shape index (κ2) is 11.3. The summed E-state index contributed by atoms with van der Waals surface area (Å²) in [5.41, 5.74) is 3.56. The van der Waals surface area contributed by atoms with Crippen molar-refractivity contribution >= 4 is 51.8 Å². The van der Waals surface area contributed by atoms with Crippen LogP contribution in [0.2, 0.25) is 10.0 Å². The predicted molar refractivity (Wildman–Crippen MR) is 145 cm³/mol. The summed E-state index contributed by atoms with van der Waals surface area (Å²) in [6.45, 7) is 5.80. The van der Waals surface area contributed by atoms with E-state index in [1.807, 2.05) is 43.5 Å². The Kier molecular flexibility index (Phi) is 7.98. The van der Waals surface area contributed by atoms with Crippen LogP contribution in [0.5, 0.6) is 5.75 Å². The Morgan fingerprint density at radius 1 is 1.06 bits per heavy atom. The number of amides is 2. The number of halogens is 2. The van der Waals surface area contributed by atoms with Crippen LogP contribution in [0.3, 0.4) is 0 Å². The van der Waals surface area contributed by atoms with Crippen molar-refractivity contribution < 1.29 is 14.3 Å². The highest BCUT2D eigenvalue weighted by molar-refractivity contribution is 6.31. The van der Waals surface area contributed by atoms with Gasteiger partial charge in [-0.2, -0.15) is 0 Å². The number of hydrogen-bond donors (Lipinski definition) is 2. The molecule has 0 bridgehead atoms. The number of nitrogens with zero attached hydrogens (tertiary/aromatic N) is 1. The van der Waals surface area contributed by atoms with E-state index in [4.69, 9.17) is 27.9 Å². The van der Waals surface area contributed by atoms with E-state index in [0.29, 0.717) is 34.4 Å². The van der Waals surface area contributed by atoms with E-state index in [1.165, 1.54) is 6.08 Å². The monoisotopic (exact) mass is 521 g/mol. The average Bonchev–Trinajstić information content (AvgIpc) is 3.27. The molecule has 36 heavy (non-hydrogen) atoms. The zero-order chi connectivity index (χ0) is 25.7. The molecule has 0 aliphatic heterocycles. The molecule has 0 fully saturated rings. The maximum atomic E-state index is 13.3. The van der Waals surface area contributed by atoms with Crippen molar-refractivity contribution in [2.45, 2.75) is 19.4 Å². The van der Waals surface area contributed by atoms with Crippen LogP contribution >= 0.6 is 23.2 Å². The quantitative estimate of drug-likeness (QED) is 0.237. The lowest BCUT2D eigenvalue weighted by Crippen LogP contribution is -2.37. The Bertz CT molecular complexity index is 1380. The molecule has 6 nitrogen and oxygen atoms in total. The lowest BCUT2D eigenvalue weighted by molar-refractivity contribution is -0.111. The topological polar surface area (TPSA) is 74.4 Å². The van der Waals surface area contributed by atoms with E-state index < -0.39 is 6.09 Å². The van der Waals surface area contributed by atoms with Gasteiger partial charge in [0.05, 0.1) is 6.04 Å². The van der Waals surface area contributed by atoms with Crippen LogP contribution in [-0.4, -0.2) is 28.4 Å². The number of fused-ring (bicyclic) bond motifs is 1. The van der Waals surface area contributed by atoms with Crippen molar-refractivity contribution in [2.75, 3.05) is 11.9 Å². The van der Waals surface area contributed by atoms with E-state index in [9.17, 15) is 9.59 Å². The summed E-state index contributed by atoms with van der Waals surface area (Å²) in [5, 5.41) is 4.95. The van der Waals surface area contributed by atoms with E-state index >= 15 is 0 Å². The number of anilines is 1. The van der Waals surface area contributed by atoms with Gasteiger partial charge in [-0.05, 0) is 85.1 Å². The molecule has 1 heterocycles. The van der Waals surface area contributed by atoms with Gasteiger partial charge in [-0.3, -0.25) is 4.79 Å². The second-order valence-corrected chi connectivity index (χ2v) is 9.13. The van der Waals surface area contributed by atoms with Gasteiger partial charge in [0.2, 0.25) is 5.91 Å². The first kappa shape index (κ1) is 25.4. The summed E-state index contributed by atoms with van der Waals surface area (Å²) in [6.07, 6.45) is 3.26. The Labute approximate surface area is 219 Å². The normalized spacial score (nSPS) is 11.6. The highest BCUT2D eigenvalue weighted by atomic mass is 35.5. The molecule has 2 amide bonds. The summed E-state index contributed by atoms with van der Waals surface area (Å²) >= 11 is 12.2. The van der Waals surface area contributed by atoms with E-state index in [-0.39, 0.29) is 11.9 Å². The molecule has 0 spiro atoms. The van der Waals surface area contributed by atoms with Crippen molar-refractivity contribution in [3.63, 3.8) is 0 Å². The number of rotatable bonds is 8. The number of H-pyrrole nitrogens is 1. The standard InChI is InChI=1S/C28H25Cl2N3O3/c1-3-27(34)32-23-9-4-19(5-10-23)18(2)33(28(35)36-24-11-6-21(29)7-12-24)15-14-20-17-31-26-13-8-22(30)16-25(20)26/h3-13,16-18,31H,1,14-15H2,2H3,(H,32,34). The third-order valence-corrected chi connectivity index (χ3v) is 6.41. The predicted octanol–water partition coefficient (Wildman–Crippen LogP) is 7.40. The number of carbonyl (C=O) groups is 2. The number of carbonyl (C=O) groups excluding carboxylic acids is 2. The largest absolute Gasteiger partial charge is 0.415 e. The fourth-order valence-electron chi connectivity index (χ4n) is 3.92. The molecule has 184 valence electrons. The molecule has 1 aromatic heterocycles. The maximum absolute atomic E-state index is 13.3. The Morgan fingerprint density at radius 2 is 1.75 bits per heavy atom. The maximum Gasteiger partial charge on any atom is 0.415 e. The van der Waals surface area contributed by atoms with Gasteiger partial charge in [0, 0.05) is 39.4 Å². The Morgan fingerprint density at radius 3 is 2.44 bits per heavy atom. The fraction of sp³-hybridized carbons (Fsp3) is 0.143. The second-order valence-electron chi connectivity index (χ2n) is 8.26. The van der Waals surface area contributed by atoms with Crippen molar-refractivity contribution in [1.82, 2.24) is 9.88 Å². The molecule has 0 radical (unpaired) electrons. The number of nitrogens with one attached hydrogen (secondary N) is 2. The lowest BCUT2D eigenvalue weighted by atomic mass is 10.1. The third kappa shape index (κ3) is 6.08. The van der Waals surface area contributed by atoms with Gasteiger partial charge in [-0.1, -0.05) is 41.9 Å². The van der Waals surface area contributed by atoms with Gasteiger partial charge in [0.25, 0.3) is 0 Å². The highest BCUT2D eigenvalue weighted by Crippen LogP contribution is 2.27. The molecule has 1 unspecified atom stereocenters. The minimum atomic E-state index is -0.480. The minimum Gasteiger partial charge on any atom is -0.410 e. The zero-order valence-electron chi connectivity index (χ0n) is 19.6. The fourth-order valence-corrected chi connectivity index (χ4v) is 4.22. The zero-order valence-corrected chi connectivity index (χ0v) is 21.1. The molecule has 0 aliphatic carbocycles. The number of benzene rings is 3. The number of aromatic nitrogens is 1. The first-order chi connectivity index (χ1) is 17.3. The summed E-state index contributed by atoms with van der Waals surface area (Å²) < 4.78 is 5.67. The van der Waals surface area contributed by atoms with Crippen LogP contribution in [0.15, 0.2) is 85.6 Å². The molecule has 4 rings (SSSR count). The van der Waals surface area contributed by atoms with Crippen LogP contribution < -0.4 is 10.1 Å². The van der Waals surface area contributed by atoms with Crippen molar-refractivity contribution in [3.8, 4) is 5.75 Å². The smallest absolute Gasteiger partial charge is 0.410 e. The van der Waals surface area contributed by atoms with E-state index in [1.54, 1.807) is 41.3 Å². The average molecular weight is 522 g/mol. The molecule has 0 saturated carbocycles. The minimum absolute atomic E-state index is 0.289. The Balaban J connectivity index is 1.57. The number of aromatic amines is 1. The summed E-state index contributed by atoms with van der Waals surface area (Å²) in [4.78, 5) is 29.8. The van der Waals surface area contributed by atoms with E-state index in [0.717, 1.165) is 22.0 Å². The van der Waals surface area contributed by atoms with Gasteiger partial charge < -0.3 is 19.9 Å².